The predicted molar refractivity (Wildman–Crippen MR) is 108 cm³/mol. The van der Waals surface area contributed by atoms with Crippen LogP contribution in [-0.4, -0.2) is 55.2 Å². The number of rotatable bonds is 4. The van der Waals surface area contributed by atoms with Crippen molar-refractivity contribution in [1.29, 1.82) is 0 Å². The number of nitrogens with zero attached hydrogens (tertiary/aromatic N) is 2. The Bertz CT molecular complexity index is 991. The van der Waals surface area contributed by atoms with Crippen molar-refractivity contribution in [3.05, 3.63) is 65.5 Å². The van der Waals surface area contributed by atoms with E-state index in [1.165, 1.54) is 58.9 Å². The molecule has 2 aromatic rings. The largest absolute Gasteiger partial charge is 0.472 e. The number of carbonyl (C=O) groups excluding carboxylic acids is 3. The van der Waals surface area contributed by atoms with Crippen LogP contribution in [0.4, 0.5) is 28.0 Å². The number of hydrogen-bond donors (Lipinski definition) is 2. The third kappa shape index (κ3) is 6.42. The molecule has 0 aliphatic carbocycles. The number of benzene rings is 2. The molecule has 4 amide bonds. The SMILES string of the molecule is O=C(NNC(=O)C(F)(F)F)c1ccc(CN(C(=O)N2CCOCC2)c2ccc(F)cc2)cc1. The lowest BCUT2D eigenvalue weighted by Gasteiger charge is -2.33. The zero-order valence-corrected chi connectivity index (χ0v) is 17.2. The number of alkyl halides is 3. The van der Waals surface area contributed by atoms with Gasteiger partial charge in [-0.3, -0.25) is 25.3 Å². The zero-order chi connectivity index (χ0) is 24.0. The highest BCUT2D eigenvalue weighted by Gasteiger charge is 2.39. The molecular weight excluding hydrogens is 448 g/mol. The molecule has 0 bridgehead atoms. The molecule has 8 nitrogen and oxygen atoms in total. The van der Waals surface area contributed by atoms with E-state index < -0.39 is 23.8 Å². The van der Waals surface area contributed by atoms with E-state index in [2.05, 4.69) is 0 Å². The van der Waals surface area contributed by atoms with E-state index in [0.29, 0.717) is 37.6 Å². The van der Waals surface area contributed by atoms with Crippen molar-refractivity contribution in [1.82, 2.24) is 15.8 Å². The zero-order valence-electron chi connectivity index (χ0n) is 17.2. The second-order valence-corrected chi connectivity index (χ2v) is 7.05. The van der Waals surface area contributed by atoms with Crippen molar-refractivity contribution in [3.63, 3.8) is 0 Å². The molecule has 0 radical (unpaired) electrons. The second-order valence-electron chi connectivity index (χ2n) is 7.05. The number of hydrogen-bond acceptors (Lipinski definition) is 4. The van der Waals surface area contributed by atoms with E-state index >= 15 is 0 Å². The first kappa shape index (κ1) is 24.0. The monoisotopic (exact) mass is 468 g/mol. The summed E-state index contributed by atoms with van der Waals surface area (Å²) in [7, 11) is 0. The fraction of sp³-hybridized carbons (Fsp3) is 0.286. The molecule has 33 heavy (non-hydrogen) atoms. The average molecular weight is 468 g/mol. The van der Waals surface area contributed by atoms with Crippen LogP contribution < -0.4 is 15.8 Å². The Labute approximate surface area is 186 Å². The lowest BCUT2D eigenvalue weighted by molar-refractivity contribution is -0.174. The van der Waals surface area contributed by atoms with Crippen molar-refractivity contribution in [2.75, 3.05) is 31.2 Å². The molecule has 1 aliphatic rings. The highest BCUT2D eigenvalue weighted by atomic mass is 19.4. The van der Waals surface area contributed by atoms with Crippen molar-refractivity contribution in [2.24, 2.45) is 0 Å². The van der Waals surface area contributed by atoms with E-state index in [0.717, 1.165) is 0 Å². The van der Waals surface area contributed by atoms with Gasteiger partial charge in [0, 0.05) is 24.3 Å². The summed E-state index contributed by atoms with van der Waals surface area (Å²) < 4.78 is 55.3. The smallest absolute Gasteiger partial charge is 0.378 e. The first-order valence-corrected chi connectivity index (χ1v) is 9.81. The van der Waals surface area contributed by atoms with Crippen LogP contribution in [-0.2, 0) is 16.1 Å². The second kappa shape index (κ2) is 10.3. The van der Waals surface area contributed by atoms with Gasteiger partial charge in [-0.15, -0.1) is 0 Å². The van der Waals surface area contributed by atoms with Gasteiger partial charge >= 0.3 is 18.1 Å². The average Bonchev–Trinajstić information content (AvgIpc) is 2.81. The first-order valence-electron chi connectivity index (χ1n) is 9.81. The molecular formula is C21H20F4N4O4. The van der Waals surface area contributed by atoms with Crippen LogP contribution in [0, 0.1) is 5.82 Å². The van der Waals surface area contributed by atoms with Gasteiger partial charge in [0.2, 0.25) is 0 Å². The minimum absolute atomic E-state index is 0.00550. The Morgan fingerprint density at radius 2 is 1.55 bits per heavy atom. The molecule has 1 heterocycles. The topological polar surface area (TPSA) is 91.0 Å². The van der Waals surface area contributed by atoms with E-state index in [1.807, 2.05) is 0 Å². The molecule has 1 fully saturated rings. The maximum absolute atomic E-state index is 13.4. The lowest BCUT2D eigenvalue weighted by atomic mass is 10.1. The number of hydrazine groups is 1. The van der Waals surface area contributed by atoms with Gasteiger partial charge in [0.25, 0.3) is 5.91 Å². The van der Waals surface area contributed by atoms with E-state index in [4.69, 9.17) is 4.74 Å². The summed E-state index contributed by atoms with van der Waals surface area (Å²) in [6, 6.07) is 10.8. The third-order valence-electron chi connectivity index (χ3n) is 4.75. The van der Waals surface area contributed by atoms with Crippen LogP contribution >= 0.6 is 0 Å². The van der Waals surface area contributed by atoms with E-state index in [9.17, 15) is 31.9 Å². The summed E-state index contributed by atoms with van der Waals surface area (Å²) in [6.07, 6.45) is -5.13. The molecule has 3 rings (SSSR count). The fourth-order valence-corrected chi connectivity index (χ4v) is 3.02. The first-order chi connectivity index (χ1) is 15.6. The summed E-state index contributed by atoms with van der Waals surface area (Å²) in [5, 5.41) is 0. The number of ether oxygens (including phenoxy) is 1. The molecule has 0 spiro atoms. The normalized spacial score (nSPS) is 13.9. The molecule has 2 N–H and O–H groups in total. The molecule has 1 aliphatic heterocycles. The summed E-state index contributed by atoms with van der Waals surface area (Å²) in [5.74, 6) is -3.70. The van der Waals surface area contributed by atoms with Gasteiger partial charge in [-0.05, 0) is 42.0 Å². The standard InChI is InChI=1S/C21H20F4N4O4/c22-16-5-7-17(8-6-16)29(20(32)28-9-11-33-12-10-28)13-14-1-3-15(4-2-14)18(30)26-27-19(31)21(23,24)25/h1-8H,9-13H2,(H,26,30)(H,27,31). The summed E-state index contributed by atoms with van der Waals surface area (Å²) in [4.78, 5) is 38.9. The lowest BCUT2D eigenvalue weighted by Crippen LogP contribution is -2.48. The molecule has 0 aromatic heterocycles. The summed E-state index contributed by atoms with van der Waals surface area (Å²) in [6.45, 7) is 1.70. The third-order valence-corrected chi connectivity index (χ3v) is 4.75. The van der Waals surface area contributed by atoms with Crippen molar-refractivity contribution < 1.29 is 36.7 Å². The Hall–Kier alpha value is -3.67. The molecule has 0 atom stereocenters. The Morgan fingerprint density at radius 1 is 0.939 bits per heavy atom. The van der Waals surface area contributed by atoms with Gasteiger partial charge in [-0.25, -0.2) is 9.18 Å². The van der Waals surface area contributed by atoms with Gasteiger partial charge in [0.05, 0.1) is 19.8 Å². The number of amides is 4. The molecule has 176 valence electrons. The molecule has 0 saturated carbocycles. The summed E-state index contributed by atoms with van der Waals surface area (Å²) in [5.41, 5.74) is 4.03. The minimum atomic E-state index is -5.13. The van der Waals surface area contributed by atoms with Crippen molar-refractivity contribution in [2.45, 2.75) is 12.7 Å². The van der Waals surface area contributed by atoms with Crippen LogP contribution in [0.5, 0.6) is 0 Å². The number of urea groups is 1. The summed E-state index contributed by atoms with van der Waals surface area (Å²) >= 11 is 0. The van der Waals surface area contributed by atoms with E-state index in [1.54, 1.807) is 10.3 Å². The van der Waals surface area contributed by atoms with Crippen LogP contribution in [0.25, 0.3) is 0 Å². The van der Waals surface area contributed by atoms with Crippen LogP contribution in [0.15, 0.2) is 48.5 Å². The Kier molecular flexibility index (Phi) is 7.48. The van der Waals surface area contributed by atoms with Gasteiger partial charge in [-0.1, -0.05) is 12.1 Å². The quantitative estimate of drug-likeness (QED) is 0.533. The van der Waals surface area contributed by atoms with E-state index in [-0.39, 0.29) is 18.1 Å². The minimum Gasteiger partial charge on any atom is -0.378 e. The van der Waals surface area contributed by atoms with Crippen LogP contribution in [0.2, 0.25) is 0 Å². The number of carbonyl (C=O) groups is 3. The van der Waals surface area contributed by atoms with Gasteiger partial charge in [0.15, 0.2) is 0 Å². The molecule has 12 heteroatoms. The molecule has 0 unspecified atom stereocenters. The molecule has 2 aromatic carbocycles. The highest BCUT2D eigenvalue weighted by molar-refractivity contribution is 5.96. The number of halogens is 4. The number of nitrogens with one attached hydrogen (secondary N) is 2. The maximum Gasteiger partial charge on any atom is 0.472 e. The fourth-order valence-electron chi connectivity index (χ4n) is 3.02. The maximum atomic E-state index is 13.4. The van der Waals surface area contributed by atoms with Gasteiger partial charge in [-0.2, -0.15) is 13.2 Å². The van der Waals surface area contributed by atoms with Crippen molar-refractivity contribution >= 4 is 23.5 Å². The highest BCUT2D eigenvalue weighted by Crippen LogP contribution is 2.21. The van der Waals surface area contributed by atoms with Gasteiger partial charge in [0.1, 0.15) is 5.82 Å². The van der Waals surface area contributed by atoms with Crippen molar-refractivity contribution in [3.8, 4) is 0 Å². The van der Waals surface area contributed by atoms with Crippen LogP contribution in [0.3, 0.4) is 0 Å². The van der Waals surface area contributed by atoms with Gasteiger partial charge < -0.3 is 9.64 Å². The number of morpholine rings is 1. The van der Waals surface area contributed by atoms with Crippen LogP contribution in [0.1, 0.15) is 15.9 Å². The number of anilines is 1. The predicted octanol–water partition coefficient (Wildman–Crippen LogP) is 2.61. The Morgan fingerprint density at radius 3 is 2.12 bits per heavy atom. The Balaban J connectivity index is 1.72. The molecule has 1 saturated heterocycles.